The van der Waals surface area contributed by atoms with Gasteiger partial charge in [-0.05, 0) is 49.1 Å². The third-order valence-electron chi connectivity index (χ3n) is 6.29. The molecule has 0 spiro atoms. The summed E-state index contributed by atoms with van der Waals surface area (Å²) in [4.78, 5) is 8.43. The van der Waals surface area contributed by atoms with Crippen molar-refractivity contribution in [3.63, 3.8) is 0 Å². The van der Waals surface area contributed by atoms with Gasteiger partial charge in [0, 0.05) is 18.0 Å². The van der Waals surface area contributed by atoms with Crippen LogP contribution in [0, 0.1) is 0 Å². The highest BCUT2D eigenvalue weighted by Crippen LogP contribution is 2.53. The van der Waals surface area contributed by atoms with Crippen LogP contribution in [-0.4, -0.2) is 40.6 Å². The Morgan fingerprint density at radius 3 is 1.68 bits per heavy atom. The zero-order valence-corrected chi connectivity index (χ0v) is 22.7. The van der Waals surface area contributed by atoms with E-state index in [1.54, 1.807) is 12.4 Å². The standard InChI is InChI=1S/C28H36F8N2O2/c1-3-5-7-8-9-10-11-12-13-21-19-37-24(38-20-21)22-14-16-23(17-15-22)40-28(35,36)26(31,32)25(29,30)27(33,34)39-18-6-4-2/h14-17,19-20H,3-13,18H2,1-2H3. The molecule has 1 heterocycles. The predicted octanol–water partition coefficient (Wildman–Crippen LogP) is 9.48. The van der Waals surface area contributed by atoms with Gasteiger partial charge >= 0.3 is 24.1 Å². The largest absolute Gasteiger partial charge is 0.471 e. The van der Waals surface area contributed by atoms with Crippen molar-refractivity contribution < 1.29 is 44.6 Å². The van der Waals surface area contributed by atoms with Crippen molar-refractivity contribution in [3.8, 4) is 17.1 Å². The highest BCUT2D eigenvalue weighted by Gasteiger charge is 2.83. The molecule has 0 saturated heterocycles. The minimum atomic E-state index is -6.61. The lowest BCUT2D eigenvalue weighted by Crippen LogP contribution is -2.64. The molecule has 2 aromatic rings. The molecule has 0 saturated carbocycles. The van der Waals surface area contributed by atoms with E-state index < -0.39 is 36.4 Å². The van der Waals surface area contributed by atoms with E-state index in [9.17, 15) is 35.1 Å². The summed E-state index contributed by atoms with van der Waals surface area (Å²) in [5, 5.41) is 0. The van der Waals surface area contributed by atoms with Gasteiger partial charge in [0.25, 0.3) is 0 Å². The molecule has 4 nitrogen and oxygen atoms in total. The van der Waals surface area contributed by atoms with Crippen LogP contribution < -0.4 is 4.74 Å². The van der Waals surface area contributed by atoms with Gasteiger partial charge in [0.1, 0.15) is 5.75 Å². The number of benzene rings is 1. The van der Waals surface area contributed by atoms with Gasteiger partial charge in [-0.1, -0.05) is 65.2 Å². The lowest BCUT2D eigenvalue weighted by molar-refractivity contribution is -0.450. The molecule has 12 heteroatoms. The maximum atomic E-state index is 14.1. The lowest BCUT2D eigenvalue weighted by atomic mass is 10.1. The minimum absolute atomic E-state index is 0.165. The zero-order valence-electron chi connectivity index (χ0n) is 22.7. The van der Waals surface area contributed by atoms with Gasteiger partial charge in [0.2, 0.25) is 0 Å². The second kappa shape index (κ2) is 14.9. The van der Waals surface area contributed by atoms with Crippen LogP contribution in [0.2, 0.25) is 0 Å². The number of aryl methyl sites for hydroxylation is 1. The first-order valence-corrected chi connectivity index (χ1v) is 13.5. The van der Waals surface area contributed by atoms with Gasteiger partial charge in [0.15, 0.2) is 5.82 Å². The van der Waals surface area contributed by atoms with Crippen LogP contribution in [0.25, 0.3) is 11.4 Å². The van der Waals surface area contributed by atoms with Crippen molar-refractivity contribution in [2.45, 2.75) is 109 Å². The van der Waals surface area contributed by atoms with Crippen molar-refractivity contribution in [1.82, 2.24) is 9.97 Å². The maximum absolute atomic E-state index is 14.1. The molecule has 0 fully saturated rings. The fraction of sp³-hybridized carbons (Fsp3) is 0.643. The minimum Gasteiger partial charge on any atom is -0.428 e. The number of hydrogen-bond acceptors (Lipinski definition) is 4. The van der Waals surface area contributed by atoms with Crippen LogP contribution >= 0.6 is 0 Å². The molecule has 0 aliphatic carbocycles. The molecule has 0 N–H and O–H groups in total. The van der Waals surface area contributed by atoms with Crippen LogP contribution in [0.3, 0.4) is 0 Å². The fourth-order valence-corrected chi connectivity index (χ4v) is 3.78. The van der Waals surface area contributed by atoms with Gasteiger partial charge in [0.05, 0.1) is 6.61 Å². The number of hydrogen-bond donors (Lipinski definition) is 0. The Kier molecular flexibility index (Phi) is 12.6. The first-order valence-electron chi connectivity index (χ1n) is 13.5. The second-order valence-corrected chi connectivity index (χ2v) is 9.65. The molecule has 0 aliphatic heterocycles. The van der Waals surface area contributed by atoms with E-state index in [2.05, 4.69) is 26.4 Å². The average Bonchev–Trinajstić information content (AvgIpc) is 2.90. The first-order chi connectivity index (χ1) is 18.8. The Balaban J connectivity index is 1.97. The monoisotopic (exact) mass is 584 g/mol. The molecule has 0 atom stereocenters. The van der Waals surface area contributed by atoms with Crippen LogP contribution in [0.15, 0.2) is 36.7 Å². The van der Waals surface area contributed by atoms with E-state index in [1.807, 2.05) is 0 Å². The average molecular weight is 585 g/mol. The van der Waals surface area contributed by atoms with Crippen LogP contribution in [0.4, 0.5) is 35.1 Å². The number of nitrogens with zero attached hydrogens (tertiary/aromatic N) is 2. The summed E-state index contributed by atoms with van der Waals surface area (Å²) >= 11 is 0. The number of ether oxygens (including phenoxy) is 2. The molecular weight excluding hydrogens is 548 g/mol. The Bertz CT molecular complexity index is 1000. The topological polar surface area (TPSA) is 44.2 Å². The van der Waals surface area contributed by atoms with E-state index in [0.29, 0.717) is 5.56 Å². The van der Waals surface area contributed by atoms with E-state index in [0.717, 1.165) is 55.5 Å². The summed E-state index contributed by atoms with van der Waals surface area (Å²) in [5.74, 6) is -13.9. The summed E-state index contributed by atoms with van der Waals surface area (Å²) in [5.41, 5.74) is 1.22. The first kappa shape index (κ1) is 33.7. The molecule has 226 valence electrons. The molecule has 40 heavy (non-hydrogen) atoms. The highest BCUT2D eigenvalue weighted by atomic mass is 19.4. The molecule has 1 aromatic carbocycles. The number of halogens is 8. The molecular formula is C28H36F8N2O2. The van der Waals surface area contributed by atoms with Crippen molar-refractivity contribution in [3.05, 3.63) is 42.2 Å². The van der Waals surface area contributed by atoms with Gasteiger partial charge in [-0.2, -0.15) is 35.1 Å². The van der Waals surface area contributed by atoms with E-state index >= 15 is 0 Å². The van der Waals surface area contributed by atoms with Gasteiger partial charge in [-0.3, -0.25) is 0 Å². The third-order valence-corrected chi connectivity index (χ3v) is 6.29. The van der Waals surface area contributed by atoms with Crippen molar-refractivity contribution in [2.75, 3.05) is 6.61 Å². The molecule has 2 rings (SSSR count). The quantitative estimate of drug-likeness (QED) is 0.122. The van der Waals surface area contributed by atoms with Crippen LogP contribution in [-0.2, 0) is 11.2 Å². The number of aromatic nitrogens is 2. The zero-order chi connectivity index (χ0) is 29.9. The van der Waals surface area contributed by atoms with E-state index in [1.165, 1.54) is 39.0 Å². The van der Waals surface area contributed by atoms with Crippen LogP contribution in [0.5, 0.6) is 5.75 Å². The lowest BCUT2D eigenvalue weighted by Gasteiger charge is -2.35. The summed E-state index contributed by atoms with van der Waals surface area (Å²) in [6, 6.07) is 3.89. The summed E-state index contributed by atoms with van der Waals surface area (Å²) in [6.07, 6.45) is 1.65. The van der Waals surface area contributed by atoms with Crippen LogP contribution in [0.1, 0.15) is 83.6 Å². The normalized spacial score (nSPS) is 13.1. The number of unbranched alkanes of at least 4 members (excludes halogenated alkanes) is 8. The maximum Gasteiger partial charge on any atom is 0.471 e. The Labute approximate surface area is 229 Å². The van der Waals surface area contributed by atoms with Gasteiger partial charge < -0.3 is 9.47 Å². The van der Waals surface area contributed by atoms with Crippen molar-refractivity contribution in [1.29, 1.82) is 0 Å². The SMILES string of the molecule is CCCCCCCCCCc1cnc(-c2ccc(OC(F)(F)C(F)(F)C(F)(F)C(F)(F)OCCCC)cc2)nc1. The summed E-state index contributed by atoms with van der Waals surface area (Å²) < 4.78 is 119. The fourth-order valence-electron chi connectivity index (χ4n) is 3.78. The Morgan fingerprint density at radius 2 is 1.12 bits per heavy atom. The van der Waals surface area contributed by atoms with Crippen molar-refractivity contribution in [2.24, 2.45) is 0 Å². The Morgan fingerprint density at radius 1 is 0.625 bits per heavy atom. The number of rotatable bonds is 19. The summed E-state index contributed by atoms with van der Waals surface area (Å²) in [7, 11) is 0. The van der Waals surface area contributed by atoms with Gasteiger partial charge in [-0.15, -0.1) is 0 Å². The van der Waals surface area contributed by atoms with E-state index in [4.69, 9.17) is 0 Å². The molecule has 0 bridgehead atoms. The molecule has 0 amide bonds. The smallest absolute Gasteiger partial charge is 0.428 e. The second-order valence-electron chi connectivity index (χ2n) is 9.65. The van der Waals surface area contributed by atoms with Crippen molar-refractivity contribution >= 4 is 0 Å². The predicted molar refractivity (Wildman–Crippen MR) is 135 cm³/mol. The molecule has 1 aromatic heterocycles. The Hall–Kier alpha value is -2.50. The van der Waals surface area contributed by atoms with E-state index in [-0.39, 0.29) is 18.7 Å². The molecule has 0 radical (unpaired) electrons. The number of alkyl halides is 8. The summed E-state index contributed by atoms with van der Waals surface area (Å²) in [6.45, 7) is 2.66. The third kappa shape index (κ3) is 8.75. The molecule has 0 aliphatic rings. The van der Waals surface area contributed by atoms with Gasteiger partial charge in [-0.25, -0.2) is 9.97 Å². The highest BCUT2D eigenvalue weighted by molar-refractivity contribution is 5.56. The molecule has 0 unspecified atom stereocenters.